The standard InChI is InChI=1S/C16H21N5O3S/c1-2-3-9-21-15(17-18-19-21)11-25(23,24)12-16(22)20-10-8-13-6-4-5-7-14(13)20/h4-7H,2-3,8-12H2,1H3. The lowest BCUT2D eigenvalue weighted by Crippen LogP contribution is -2.35. The van der Waals surface area contributed by atoms with E-state index in [0.717, 1.165) is 30.5 Å². The van der Waals surface area contributed by atoms with E-state index in [4.69, 9.17) is 0 Å². The van der Waals surface area contributed by atoms with E-state index in [1.54, 1.807) is 4.90 Å². The third-order valence-electron chi connectivity index (χ3n) is 4.21. The third kappa shape index (κ3) is 4.04. The number of fused-ring (bicyclic) bond motifs is 1. The molecular weight excluding hydrogens is 342 g/mol. The molecule has 9 heteroatoms. The smallest absolute Gasteiger partial charge is 0.242 e. The maximum atomic E-state index is 12.5. The number of carbonyl (C=O) groups excluding carboxylic acids is 1. The van der Waals surface area contributed by atoms with Crippen LogP contribution < -0.4 is 4.90 Å². The molecule has 0 aliphatic carbocycles. The van der Waals surface area contributed by atoms with Crippen LogP contribution in [0, 0.1) is 0 Å². The zero-order chi connectivity index (χ0) is 17.9. The third-order valence-corrected chi connectivity index (χ3v) is 5.59. The largest absolute Gasteiger partial charge is 0.311 e. The SMILES string of the molecule is CCCCn1nnnc1CS(=O)(=O)CC(=O)N1CCc2ccccc21. The number of nitrogens with zero attached hydrogens (tertiary/aromatic N) is 5. The van der Waals surface area contributed by atoms with E-state index in [2.05, 4.69) is 15.5 Å². The Kier molecular flexibility index (Phi) is 5.12. The van der Waals surface area contributed by atoms with Crippen molar-refractivity contribution < 1.29 is 13.2 Å². The molecule has 1 amide bonds. The van der Waals surface area contributed by atoms with E-state index < -0.39 is 21.5 Å². The van der Waals surface area contributed by atoms with Gasteiger partial charge in [-0.05, 0) is 34.9 Å². The summed E-state index contributed by atoms with van der Waals surface area (Å²) >= 11 is 0. The van der Waals surface area contributed by atoms with Gasteiger partial charge in [-0.25, -0.2) is 13.1 Å². The van der Waals surface area contributed by atoms with Gasteiger partial charge in [0.25, 0.3) is 0 Å². The molecule has 1 aliphatic heterocycles. The quantitative estimate of drug-likeness (QED) is 0.727. The fraction of sp³-hybridized carbons (Fsp3) is 0.500. The molecule has 1 aliphatic rings. The fourth-order valence-corrected chi connectivity index (χ4v) is 4.15. The molecule has 134 valence electrons. The van der Waals surface area contributed by atoms with E-state index in [0.29, 0.717) is 13.1 Å². The number of carbonyl (C=O) groups is 1. The van der Waals surface area contributed by atoms with Crippen LogP contribution in [0.25, 0.3) is 0 Å². The van der Waals surface area contributed by atoms with Crippen LogP contribution in [0.1, 0.15) is 31.2 Å². The molecule has 0 spiro atoms. The van der Waals surface area contributed by atoms with Crippen LogP contribution in [-0.2, 0) is 33.4 Å². The number of aryl methyl sites for hydroxylation is 1. The van der Waals surface area contributed by atoms with Gasteiger partial charge < -0.3 is 4.90 Å². The average Bonchev–Trinajstić information content (AvgIpc) is 3.18. The van der Waals surface area contributed by atoms with Crippen molar-refractivity contribution in [2.24, 2.45) is 0 Å². The molecule has 0 N–H and O–H groups in total. The molecule has 1 aromatic heterocycles. The highest BCUT2D eigenvalue weighted by molar-refractivity contribution is 7.91. The summed E-state index contributed by atoms with van der Waals surface area (Å²) in [6, 6.07) is 7.57. The molecule has 0 fully saturated rings. The van der Waals surface area contributed by atoms with Gasteiger partial charge in [-0.3, -0.25) is 4.79 Å². The van der Waals surface area contributed by atoms with Crippen molar-refractivity contribution in [2.45, 2.75) is 38.5 Å². The number of benzene rings is 1. The summed E-state index contributed by atoms with van der Waals surface area (Å²) in [6.07, 6.45) is 2.57. The van der Waals surface area contributed by atoms with Crippen LogP contribution in [0.5, 0.6) is 0 Å². The Morgan fingerprint density at radius 2 is 2.08 bits per heavy atom. The normalized spacial score (nSPS) is 13.9. The van der Waals surface area contributed by atoms with E-state index in [1.165, 1.54) is 4.68 Å². The Hall–Kier alpha value is -2.29. The topological polar surface area (TPSA) is 98.0 Å². The summed E-state index contributed by atoms with van der Waals surface area (Å²) in [5.41, 5.74) is 1.87. The lowest BCUT2D eigenvalue weighted by molar-refractivity contribution is -0.116. The summed E-state index contributed by atoms with van der Waals surface area (Å²) in [7, 11) is -3.65. The highest BCUT2D eigenvalue weighted by Crippen LogP contribution is 2.27. The van der Waals surface area contributed by atoms with Crippen molar-refractivity contribution in [1.82, 2.24) is 20.2 Å². The minimum absolute atomic E-state index is 0.281. The van der Waals surface area contributed by atoms with Crippen molar-refractivity contribution >= 4 is 21.4 Å². The van der Waals surface area contributed by atoms with Crippen molar-refractivity contribution in [1.29, 1.82) is 0 Å². The van der Waals surface area contributed by atoms with Crippen LogP contribution in [0.4, 0.5) is 5.69 Å². The maximum absolute atomic E-state index is 12.5. The number of para-hydroxylation sites is 1. The highest BCUT2D eigenvalue weighted by Gasteiger charge is 2.29. The molecule has 0 saturated heterocycles. The molecule has 2 aromatic rings. The first-order valence-corrected chi connectivity index (χ1v) is 10.2. The maximum Gasteiger partial charge on any atom is 0.242 e. The zero-order valence-corrected chi connectivity index (χ0v) is 14.9. The number of unbranched alkanes of at least 4 members (excludes halogenated alkanes) is 1. The number of rotatable bonds is 7. The zero-order valence-electron chi connectivity index (χ0n) is 14.1. The van der Waals surface area contributed by atoms with Gasteiger partial charge in [-0.1, -0.05) is 31.5 Å². The van der Waals surface area contributed by atoms with Crippen molar-refractivity contribution in [3.8, 4) is 0 Å². The van der Waals surface area contributed by atoms with Crippen LogP contribution >= 0.6 is 0 Å². The van der Waals surface area contributed by atoms with Gasteiger partial charge >= 0.3 is 0 Å². The predicted octanol–water partition coefficient (Wildman–Crippen LogP) is 0.977. The second kappa shape index (κ2) is 7.30. The second-order valence-electron chi connectivity index (χ2n) is 6.13. The predicted molar refractivity (Wildman–Crippen MR) is 92.7 cm³/mol. The van der Waals surface area contributed by atoms with Crippen LogP contribution in [0.2, 0.25) is 0 Å². The monoisotopic (exact) mass is 363 g/mol. The molecule has 25 heavy (non-hydrogen) atoms. The van der Waals surface area contributed by atoms with Gasteiger partial charge in [0.15, 0.2) is 15.7 Å². The summed E-state index contributed by atoms with van der Waals surface area (Å²) in [6.45, 7) is 3.12. The summed E-state index contributed by atoms with van der Waals surface area (Å²) < 4.78 is 26.4. The van der Waals surface area contributed by atoms with Crippen LogP contribution in [0.3, 0.4) is 0 Å². The minimum atomic E-state index is -3.65. The van der Waals surface area contributed by atoms with Gasteiger partial charge in [0.05, 0.1) is 0 Å². The highest BCUT2D eigenvalue weighted by atomic mass is 32.2. The van der Waals surface area contributed by atoms with Gasteiger partial charge in [-0.15, -0.1) is 5.10 Å². The summed E-state index contributed by atoms with van der Waals surface area (Å²) in [5, 5.41) is 11.2. The van der Waals surface area contributed by atoms with Gasteiger partial charge in [0, 0.05) is 18.8 Å². The number of anilines is 1. The van der Waals surface area contributed by atoms with E-state index in [-0.39, 0.29) is 11.6 Å². The second-order valence-corrected chi connectivity index (χ2v) is 8.19. The van der Waals surface area contributed by atoms with Crippen molar-refractivity contribution in [3.63, 3.8) is 0 Å². The van der Waals surface area contributed by atoms with Gasteiger partial charge in [0.1, 0.15) is 11.5 Å². The van der Waals surface area contributed by atoms with Crippen LogP contribution in [-0.4, -0.2) is 46.8 Å². The Labute approximate surface area is 146 Å². The van der Waals surface area contributed by atoms with E-state index in [9.17, 15) is 13.2 Å². The van der Waals surface area contributed by atoms with E-state index in [1.807, 2.05) is 31.2 Å². The van der Waals surface area contributed by atoms with Gasteiger partial charge in [0.2, 0.25) is 5.91 Å². The lowest BCUT2D eigenvalue weighted by atomic mass is 10.2. The number of tetrazole rings is 1. The molecule has 0 atom stereocenters. The minimum Gasteiger partial charge on any atom is -0.311 e. The number of hydrogen-bond acceptors (Lipinski definition) is 6. The molecule has 1 aromatic carbocycles. The molecule has 8 nitrogen and oxygen atoms in total. The average molecular weight is 363 g/mol. The van der Waals surface area contributed by atoms with E-state index >= 15 is 0 Å². The number of sulfone groups is 1. The number of amides is 1. The Morgan fingerprint density at radius 1 is 1.28 bits per heavy atom. The number of hydrogen-bond donors (Lipinski definition) is 0. The first-order chi connectivity index (χ1) is 12.0. The van der Waals surface area contributed by atoms with Crippen LogP contribution in [0.15, 0.2) is 24.3 Å². The first-order valence-electron chi connectivity index (χ1n) is 8.34. The molecule has 0 bridgehead atoms. The molecular formula is C16H21N5O3S. The number of aromatic nitrogens is 4. The van der Waals surface area contributed by atoms with Crippen molar-refractivity contribution in [3.05, 3.63) is 35.7 Å². The van der Waals surface area contributed by atoms with Gasteiger partial charge in [-0.2, -0.15) is 0 Å². The molecule has 0 unspecified atom stereocenters. The fourth-order valence-electron chi connectivity index (χ4n) is 2.92. The molecule has 3 rings (SSSR count). The van der Waals surface area contributed by atoms with Crippen molar-refractivity contribution in [2.75, 3.05) is 17.2 Å². The molecule has 2 heterocycles. The Bertz CT molecular complexity index is 862. The molecule has 0 saturated carbocycles. The Morgan fingerprint density at radius 3 is 2.88 bits per heavy atom. The molecule has 0 radical (unpaired) electrons. The summed E-state index contributed by atoms with van der Waals surface area (Å²) in [4.78, 5) is 14.0. The lowest BCUT2D eigenvalue weighted by Gasteiger charge is -2.17. The first kappa shape index (κ1) is 17.5. The summed E-state index contributed by atoms with van der Waals surface area (Å²) in [5.74, 6) is -0.993. The Balaban J connectivity index is 1.68.